The number of hydrogen-bond acceptors (Lipinski definition) is 4. The van der Waals surface area contributed by atoms with Crippen molar-refractivity contribution in [1.29, 1.82) is 0 Å². The van der Waals surface area contributed by atoms with Crippen LogP contribution in [0.3, 0.4) is 0 Å². The molecular formula is C18H16FN3O3. The van der Waals surface area contributed by atoms with Gasteiger partial charge in [0, 0.05) is 18.2 Å². The molecule has 2 aromatic carbocycles. The third-order valence-corrected chi connectivity index (χ3v) is 3.77. The highest BCUT2D eigenvalue weighted by molar-refractivity contribution is 5.79. The molecule has 6 nitrogen and oxygen atoms in total. The van der Waals surface area contributed by atoms with Crippen LogP contribution >= 0.6 is 0 Å². The molecule has 3 rings (SSSR count). The summed E-state index contributed by atoms with van der Waals surface area (Å²) in [7, 11) is 1.56. The fourth-order valence-electron chi connectivity index (χ4n) is 2.50. The lowest BCUT2D eigenvalue weighted by molar-refractivity contribution is -0.121. The summed E-state index contributed by atoms with van der Waals surface area (Å²) in [6.07, 6.45) is 1.24. The standard InChI is InChI=1S/C18H16FN3O3/c1-25-16-5-3-2-4-12(16)9-20-17(23)10-22-11-21-15-8-13(19)6-7-14(15)18(22)24/h2-8,11H,9-10H2,1H3,(H,20,23). The Bertz CT molecular complexity index is 985. The number of nitrogens with zero attached hydrogens (tertiary/aromatic N) is 2. The summed E-state index contributed by atoms with van der Waals surface area (Å²) in [5.74, 6) is -0.127. The summed E-state index contributed by atoms with van der Waals surface area (Å²) in [6, 6.07) is 11.1. The van der Waals surface area contributed by atoms with Gasteiger partial charge in [0.15, 0.2) is 0 Å². The van der Waals surface area contributed by atoms with Crippen molar-refractivity contribution in [3.05, 3.63) is 70.5 Å². The number of fused-ring (bicyclic) bond motifs is 1. The molecule has 0 spiro atoms. The average molecular weight is 341 g/mol. The van der Waals surface area contributed by atoms with E-state index >= 15 is 0 Å². The lowest BCUT2D eigenvalue weighted by Gasteiger charge is -2.10. The summed E-state index contributed by atoms with van der Waals surface area (Å²) >= 11 is 0. The van der Waals surface area contributed by atoms with E-state index in [1.807, 2.05) is 18.2 Å². The van der Waals surface area contributed by atoms with Crippen LogP contribution in [0.2, 0.25) is 0 Å². The van der Waals surface area contributed by atoms with Gasteiger partial charge in [0.05, 0.1) is 24.3 Å². The lowest BCUT2D eigenvalue weighted by atomic mass is 10.2. The minimum Gasteiger partial charge on any atom is -0.496 e. The topological polar surface area (TPSA) is 73.2 Å². The molecule has 1 amide bonds. The Kier molecular flexibility index (Phi) is 4.74. The zero-order valence-electron chi connectivity index (χ0n) is 13.5. The predicted octanol–water partition coefficient (Wildman–Crippen LogP) is 1.86. The number of methoxy groups -OCH3 is 1. The van der Waals surface area contributed by atoms with Crippen LogP contribution in [0.25, 0.3) is 10.9 Å². The third-order valence-electron chi connectivity index (χ3n) is 3.77. The Labute approximate surface area is 142 Å². The smallest absolute Gasteiger partial charge is 0.261 e. The Morgan fingerprint density at radius 3 is 2.88 bits per heavy atom. The minimum atomic E-state index is -0.466. The second-order valence-corrected chi connectivity index (χ2v) is 5.43. The molecule has 0 saturated heterocycles. The second kappa shape index (κ2) is 7.12. The maximum absolute atomic E-state index is 13.2. The molecule has 0 aliphatic heterocycles. The molecule has 25 heavy (non-hydrogen) atoms. The van der Waals surface area contributed by atoms with Crippen molar-refractivity contribution < 1.29 is 13.9 Å². The number of carbonyl (C=O) groups excluding carboxylic acids is 1. The molecule has 1 N–H and O–H groups in total. The largest absolute Gasteiger partial charge is 0.496 e. The lowest BCUT2D eigenvalue weighted by Crippen LogP contribution is -2.32. The van der Waals surface area contributed by atoms with Crippen molar-refractivity contribution in [1.82, 2.24) is 14.9 Å². The fourth-order valence-corrected chi connectivity index (χ4v) is 2.50. The quantitative estimate of drug-likeness (QED) is 0.769. The van der Waals surface area contributed by atoms with Crippen LogP contribution in [0.5, 0.6) is 5.75 Å². The highest BCUT2D eigenvalue weighted by Crippen LogP contribution is 2.16. The number of ether oxygens (including phenoxy) is 1. The van der Waals surface area contributed by atoms with Gasteiger partial charge in [-0.15, -0.1) is 0 Å². The average Bonchev–Trinajstić information content (AvgIpc) is 2.62. The van der Waals surface area contributed by atoms with Gasteiger partial charge in [0.25, 0.3) is 5.56 Å². The minimum absolute atomic E-state index is 0.172. The second-order valence-electron chi connectivity index (χ2n) is 5.43. The highest BCUT2D eigenvalue weighted by atomic mass is 19.1. The molecular weight excluding hydrogens is 325 g/mol. The summed E-state index contributed by atoms with van der Waals surface area (Å²) in [5, 5.41) is 3.01. The summed E-state index contributed by atoms with van der Waals surface area (Å²) in [4.78, 5) is 28.5. The van der Waals surface area contributed by atoms with E-state index in [4.69, 9.17) is 4.74 Å². The van der Waals surface area contributed by atoms with Gasteiger partial charge in [-0.1, -0.05) is 18.2 Å². The monoisotopic (exact) mass is 341 g/mol. The van der Waals surface area contributed by atoms with Crippen LogP contribution in [0.15, 0.2) is 53.6 Å². The zero-order valence-corrected chi connectivity index (χ0v) is 13.5. The zero-order chi connectivity index (χ0) is 17.8. The van der Waals surface area contributed by atoms with E-state index in [1.54, 1.807) is 13.2 Å². The number of para-hydroxylation sites is 1. The van der Waals surface area contributed by atoms with Gasteiger partial charge in [-0.25, -0.2) is 9.37 Å². The normalized spacial score (nSPS) is 10.6. The Hall–Kier alpha value is -3.22. The molecule has 0 radical (unpaired) electrons. The van der Waals surface area contributed by atoms with Gasteiger partial charge in [-0.3, -0.25) is 14.2 Å². The summed E-state index contributed by atoms with van der Waals surface area (Å²) < 4.78 is 19.6. The van der Waals surface area contributed by atoms with Crippen molar-refractivity contribution in [3.8, 4) is 5.75 Å². The molecule has 0 atom stereocenters. The number of carbonyl (C=O) groups is 1. The molecule has 3 aromatic rings. The maximum atomic E-state index is 13.2. The molecule has 0 fully saturated rings. The summed E-state index contributed by atoms with van der Waals surface area (Å²) in [5.41, 5.74) is 0.700. The summed E-state index contributed by atoms with van der Waals surface area (Å²) in [6.45, 7) is 0.109. The first kappa shape index (κ1) is 16.6. The van der Waals surface area contributed by atoms with E-state index in [-0.39, 0.29) is 29.9 Å². The van der Waals surface area contributed by atoms with E-state index in [9.17, 15) is 14.0 Å². The predicted molar refractivity (Wildman–Crippen MR) is 90.8 cm³/mol. The number of aromatic nitrogens is 2. The van der Waals surface area contributed by atoms with E-state index < -0.39 is 11.4 Å². The van der Waals surface area contributed by atoms with Gasteiger partial charge in [0.1, 0.15) is 18.1 Å². The van der Waals surface area contributed by atoms with Gasteiger partial charge < -0.3 is 10.1 Å². The molecule has 7 heteroatoms. The van der Waals surface area contributed by atoms with E-state index in [1.165, 1.54) is 29.1 Å². The first-order valence-electron chi connectivity index (χ1n) is 7.62. The van der Waals surface area contributed by atoms with Crippen molar-refractivity contribution in [2.45, 2.75) is 13.1 Å². The van der Waals surface area contributed by atoms with Gasteiger partial charge >= 0.3 is 0 Å². The Morgan fingerprint density at radius 2 is 2.08 bits per heavy atom. The molecule has 0 aliphatic carbocycles. The van der Waals surface area contributed by atoms with E-state index in [2.05, 4.69) is 10.3 Å². The first-order chi connectivity index (χ1) is 12.1. The van der Waals surface area contributed by atoms with Crippen LogP contribution < -0.4 is 15.6 Å². The number of halogens is 1. The Morgan fingerprint density at radius 1 is 1.28 bits per heavy atom. The number of nitrogens with one attached hydrogen (secondary N) is 1. The molecule has 1 aromatic heterocycles. The number of rotatable bonds is 5. The molecule has 0 unspecified atom stereocenters. The van der Waals surface area contributed by atoms with Crippen molar-refractivity contribution in [2.24, 2.45) is 0 Å². The molecule has 0 aliphatic rings. The highest BCUT2D eigenvalue weighted by Gasteiger charge is 2.10. The molecule has 1 heterocycles. The van der Waals surface area contributed by atoms with Gasteiger partial charge in [0.2, 0.25) is 5.91 Å². The fraction of sp³-hybridized carbons (Fsp3) is 0.167. The van der Waals surface area contributed by atoms with E-state index in [0.29, 0.717) is 5.75 Å². The molecule has 0 saturated carbocycles. The van der Waals surface area contributed by atoms with Crippen LogP contribution in [0, 0.1) is 5.82 Å². The number of amides is 1. The molecule has 0 bridgehead atoms. The number of benzene rings is 2. The van der Waals surface area contributed by atoms with Crippen LogP contribution in [0.1, 0.15) is 5.56 Å². The Balaban J connectivity index is 1.73. The third kappa shape index (κ3) is 3.65. The van der Waals surface area contributed by atoms with Gasteiger partial charge in [-0.2, -0.15) is 0 Å². The first-order valence-corrected chi connectivity index (χ1v) is 7.62. The number of hydrogen-bond donors (Lipinski definition) is 1. The van der Waals surface area contributed by atoms with Crippen molar-refractivity contribution in [3.63, 3.8) is 0 Å². The van der Waals surface area contributed by atoms with Crippen molar-refractivity contribution >= 4 is 16.8 Å². The van der Waals surface area contributed by atoms with Crippen LogP contribution in [-0.2, 0) is 17.9 Å². The van der Waals surface area contributed by atoms with Crippen LogP contribution in [-0.4, -0.2) is 22.6 Å². The van der Waals surface area contributed by atoms with Crippen LogP contribution in [0.4, 0.5) is 4.39 Å². The molecule has 128 valence electrons. The van der Waals surface area contributed by atoms with Crippen molar-refractivity contribution in [2.75, 3.05) is 7.11 Å². The maximum Gasteiger partial charge on any atom is 0.261 e. The SMILES string of the molecule is COc1ccccc1CNC(=O)Cn1cnc2cc(F)ccc2c1=O. The van der Waals surface area contributed by atoms with Gasteiger partial charge in [-0.05, 0) is 18.2 Å². The van der Waals surface area contributed by atoms with E-state index in [0.717, 1.165) is 5.56 Å².